The first kappa shape index (κ1) is 7.60. The second-order valence-electron chi connectivity index (χ2n) is 4.27. The van der Waals surface area contributed by atoms with Gasteiger partial charge in [0, 0.05) is 0 Å². The quantitative estimate of drug-likeness (QED) is 0.568. The van der Waals surface area contributed by atoms with Gasteiger partial charge in [-0.05, 0) is 31.1 Å². The van der Waals surface area contributed by atoms with E-state index in [4.69, 9.17) is 0 Å². The SMILES string of the molecule is O[C@@H]1CC[C@H]2CCCC[C@@H]2C1. The minimum absolute atomic E-state index is 0.0364. The van der Waals surface area contributed by atoms with Crippen molar-refractivity contribution in [2.75, 3.05) is 0 Å². The Kier molecular flexibility index (Phi) is 2.17. The molecule has 1 N–H and O–H groups in total. The molecular formula is C10H18O. The molecule has 0 saturated heterocycles. The van der Waals surface area contributed by atoms with Gasteiger partial charge in [0.2, 0.25) is 0 Å². The summed E-state index contributed by atoms with van der Waals surface area (Å²) < 4.78 is 0. The van der Waals surface area contributed by atoms with Gasteiger partial charge in [-0.3, -0.25) is 0 Å². The monoisotopic (exact) mass is 154 g/mol. The van der Waals surface area contributed by atoms with Gasteiger partial charge in [-0.25, -0.2) is 0 Å². The maximum Gasteiger partial charge on any atom is 0.0543 e. The highest BCUT2D eigenvalue weighted by Crippen LogP contribution is 2.40. The number of hydrogen-bond acceptors (Lipinski definition) is 1. The summed E-state index contributed by atoms with van der Waals surface area (Å²) >= 11 is 0. The van der Waals surface area contributed by atoms with Gasteiger partial charge in [0.25, 0.3) is 0 Å². The molecule has 3 atom stereocenters. The van der Waals surface area contributed by atoms with Crippen molar-refractivity contribution in [3.8, 4) is 0 Å². The van der Waals surface area contributed by atoms with Gasteiger partial charge in [-0.2, -0.15) is 0 Å². The van der Waals surface area contributed by atoms with Gasteiger partial charge in [0.1, 0.15) is 0 Å². The molecule has 64 valence electrons. The van der Waals surface area contributed by atoms with Crippen LogP contribution >= 0.6 is 0 Å². The Balaban J connectivity index is 1.93. The zero-order valence-corrected chi connectivity index (χ0v) is 7.13. The van der Waals surface area contributed by atoms with Crippen molar-refractivity contribution < 1.29 is 5.11 Å². The number of fused-ring (bicyclic) bond motifs is 1. The number of aliphatic hydroxyl groups excluding tert-OH is 1. The van der Waals surface area contributed by atoms with Crippen molar-refractivity contribution in [3.05, 3.63) is 0 Å². The standard InChI is InChI=1S/C10H18O/c11-10-6-5-8-3-1-2-4-9(8)7-10/h8-11H,1-7H2/t8-,9-,10-/m1/s1. The smallest absolute Gasteiger partial charge is 0.0543 e. The summed E-state index contributed by atoms with van der Waals surface area (Å²) in [5, 5.41) is 9.45. The Morgan fingerprint density at radius 1 is 0.818 bits per heavy atom. The Labute approximate surface area is 68.8 Å². The van der Waals surface area contributed by atoms with Crippen LogP contribution in [0.3, 0.4) is 0 Å². The Morgan fingerprint density at radius 2 is 1.55 bits per heavy atom. The summed E-state index contributed by atoms with van der Waals surface area (Å²) in [6, 6.07) is 0. The van der Waals surface area contributed by atoms with Crippen molar-refractivity contribution in [1.29, 1.82) is 0 Å². The molecule has 2 saturated carbocycles. The van der Waals surface area contributed by atoms with E-state index in [9.17, 15) is 5.11 Å². The molecule has 2 fully saturated rings. The van der Waals surface area contributed by atoms with Gasteiger partial charge in [-0.1, -0.05) is 25.7 Å². The van der Waals surface area contributed by atoms with Crippen LogP contribution in [-0.4, -0.2) is 11.2 Å². The Morgan fingerprint density at radius 3 is 2.36 bits per heavy atom. The summed E-state index contributed by atoms with van der Waals surface area (Å²) in [5.74, 6) is 1.86. The molecular weight excluding hydrogens is 136 g/mol. The van der Waals surface area contributed by atoms with Crippen molar-refractivity contribution in [1.82, 2.24) is 0 Å². The fraction of sp³-hybridized carbons (Fsp3) is 1.00. The average Bonchev–Trinajstić information content (AvgIpc) is 2.04. The van der Waals surface area contributed by atoms with E-state index in [1.54, 1.807) is 0 Å². The lowest BCUT2D eigenvalue weighted by Crippen LogP contribution is -2.29. The molecule has 2 rings (SSSR count). The van der Waals surface area contributed by atoms with Gasteiger partial charge in [-0.15, -0.1) is 0 Å². The normalized spacial score (nSPS) is 45.0. The van der Waals surface area contributed by atoms with E-state index in [1.807, 2.05) is 0 Å². The van der Waals surface area contributed by atoms with Crippen LogP contribution in [0.25, 0.3) is 0 Å². The first-order chi connectivity index (χ1) is 5.36. The molecule has 0 aromatic carbocycles. The van der Waals surface area contributed by atoms with Gasteiger partial charge in [0.05, 0.1) is 6.10 Å². The predicted octanol–water partition coefficient (Wildman–Crippen LogP) is 2.34. The number of hydrogen-bond donors (Lipinski definition) is 1. The van der Waals surface area contributed by atoms with Crippen LogP contribution in [0, 0.1) is 11.8 Å². The van der Waals surface area contributed by atoms with E-state index >= 15 is 0 Å². The molecule has 0 aromatic rings. The van der Waals surface area contributed by atoms with Crippen molar-refractivity contribution in [2.45, 2.75) is 51.0 Å². The summed E-state index contributed by atoms with van der Waals surface area (Å²) in [5.41, 5.74) is 0. The van der Waals surface area contributed by atoms with E-state index in [1.165, 1.54) is 32.1 Å². The van der Waals surface area contributed by atoms with Crippen LogP contribution in [0.4, 0.5) is 0 Å². The van der Waals surface area contributed by atoms with Crippen LogP contribution in [0.15, 0.2) is 0 Å². The van der Waals surface area contributed by atoms with Gasteiger partial charge in [0.15, 0.2) is 0 Å². The fourth-order valence-corrected chi connectivity index (χ4v) is 2.85. The van der Waals surface area contributed by atoms with Crippen molar-refractivity contribution in [3.63, 3.8) is 0 Å². The molecule has 0 amide bonds. The van der Waals surface area contributed by atoms with Crippen molar-refractivity contribution >= 4 is 0 Å². The third-order valence-corrected chi connectivity index (χ3v) is 3.51. The average molecular weight is 154 g/mol. The largest absolute Gasteiger partial charge is 0.393 e. The van der Waals surface area contributed by atoms with E-state index in [-0.39, 0.29) is 6.10 Å². The molecule has 0 aromatic heterocycles. The van der Waals surface area contributed by atoms with Crippen LogP contribution < -0.4 is 0 Å². The molecule has 1 heteroatoms. The molecule has 0 unspecified atom stereocenters. The second kappa shape index (κ2) is 3.14. The summed E-state index contributed by atoms with van der Waals surface area (Å²) in [7, 11) is 0. The fourth-order valence-electron chi connectivity index (χ4n) is 2.85. The van der Waals surface area contributed by atoms with Crippen LogP contribution in [0.2, 0.25) is 0 Å². The molecule has 1 nitrogen and oxygen atoms in total. The predicted molar refractivity (Wildman–Crippen MR) is 45.3 cm³/mol. The van der Waals surface area contributed by atoms with Crippen LogP contribution in [0.1, 0.15) is 44.9 Å². The third-order valence-electron chi connectivity index (χ3n) is 3.51. The van der Waals surface area contributed by atoms with E-state index < -0.39 is 0 Å². The van der Waals surface area contributed by atoms with Gasteiger partial charge >= 0.3 is 0 Å². The topological polar surface area (TPSA) is 20.2 Å². The zero-order chi connectivity index (χ0) is 7.68. The summed E-state index contributed by atoms with van der Waals surface area (Å²) in [6.45, 7) is 0. The highest BCUT2D eigenvalue weighted by molar-refractivity contribution is 4.82. The lowest BCUT2D eigenvalue weighted by Gasteiger charge is -2.37. The maximum atomic E-state index is 9.45. The molecule has 0 heterocycles. The minimum atomic E-state index is 0.0364. The Bertz CT molecular complexity index is 133. The molecule has 2 aliphatic rings. The first-order valence-corrected chi connectivity index (χ1v) is 5.04. The number of aliphatic hydroxyl groups is 1. The molecule has 11 heavy (non-hydrogen) atoms. The minimum Gasteiger partial charge on any atom is -0.393 e. The summed E-state index contributed by atoms with van der Waals surface area (Å²) in [4.78, 5) is 0. The van der Waals surface area contributed by atoms with Crippen molar-refractivity contribution in [2.24, 2.45) is 11.8 Å². The van der Waals surface area contributed by atoms with Crippen LogP contribution in [0.5, 0.6) is 0 Å². The van der Waals surface area contributed by atoms with E-state index in [2.05, 4.69) is 0 Å². The van der Waals surface area contributed by atoms with Gasteiger partial charge < -0.3 is 5.11 Å². The second-order valence-corrected chi connectivity index (χ2v) is 4.27. The highest BCUT2D eigenvalue weighted by Gasteiger charge is 2.30. The van der Waals surface area contributed by atoms with Crippen LogP contribution in [-0.2, 0) is 0 Å². The maximum absolute atomic E-state index is 9.45. The summed E-state index contributed by atoms with van der Waals surface area (Å²) in [6.07, 6.45) is 9.19. The van der Waals surface area contributed by atoms with E-state index in [0.29, 0.717) is 0 Å². The molecule has 0 bridgehead atoms. The Hall–Kier alpha value is -0.0400. The molecule has 0 spiro atoms. The highest BCUT2D eigenvalue weighted by atomic mass is 16.3. The molecule has 2 aliphatic carbocycles. The van der Waals surface area contributed by atoms with E-state index in [0.717, 1.165) is 24.7 Å². The molecule has 0 radical (unpaired) electrons. The third kappa shape index (κ3) is 1.58. The first-order valence-electron chi connectivity index (χ1n) is 5.04. The lowest BCUT2D eigenvalue weighted by atomic mass is 9.70. The number of rotatable bonds is 0. The lowest BCUT2D eigenvalue weighted by molar-refractivity contribution is 0.0491. The zero-order valence-electron chi connectivity index (χ0n) is 7.13. The molecule has 0 aliphatic heterocycles.